The smallest absolute Gasteiger partial charge is 0.129 e. The number of aryl methyl sites for hydroxylation is 2. The lowest BCUT2D eigenvalue weighted by Gasteiger charge is -2.49. The summed E-state index contributed by atoms with van der Waals surface area (Å²) in [6.45, 7) is 2.16. The summed E-state index contributed by atoms with van der Waals surface area (Å²) in [7, 11) is 0. The van der Waals surface area contributed by atoms with Crippen molar-refractivity contribution in [1.29, 1.82) is 0 Å². The molecule has 3 unspecified atom stereocenters. The molecular formula is C22H22N2. The summed E-state index contributed by atoms with van der Waals surface area (Å²) in [5, 5.41) is 4.98. The molecule has 0 bridgehead atoms. The average Bonchev–Trinajstić information content (AvgIpc) is 2.59. The number of fused-ring (bicyclic) bond motifs is 4. The largest absolute Gasteiger partial charge is 0.367 e. The molecule has 2 aliphatic carbocycles. The second kappa shape index (κ2) is 5.34. The van der Waals surface area contributed by atoms with Gasteiger partial charge in [-0.25, -0.2) is 4.98 Å². The van der Waals surface area contributed by atoms with Crippen molar-refractivity contribution in [1.82, 2.24) is 4.98 Å². The number of hydrogen-bond donors (Lipinski definition) is 1. The first-order valence-electron chi connectivity index (χ1n) is 9.00. The normalized spacial score (nSPS) is 24.8. The summed E-state index contributed by atoms with van der Waals surface area (Å²) < 4.78 is 0. The maximum Gasteiger partial charge on any atom is 0.129 e. The van der Waals surface area contributed by atoms with Crippen molar-refractivity contribution < 1.29 is 0 Å². The number of benzene rings is 2. The number of rotatable bonds is 2. The summed E-state index contributed by atoms with van der Waals surface area (Å²) in [5.74, 6) is 2.57. The lowest BCUT2D eigenvalue weighted by atomic mass is 9.60. The molecule has 0 radical (unpaired) electrons. The van der Waals surface area contributed by atoms with E-state index < -0.39 is 0 Å². The van der Waals surface area contributed by atoms with Crippen molar-refractivity contribution in [2.75, 3.05) is 5.32 Å². The molecule has 2 heteroatoms. The predicted molar refractivity (Wildman–Crippen MR) is 99.5 cm³/mol. The van der Waals surface area contributed by atoms with Crippen LogP contribution in [0.5, 0.6) is 0 Å². The first-order valence-corrected chi connectivity index (χ1v) is 9.00. The summed E-state index contributed by atoms with van der Waals surface area (Å²) >= 11 is 0. The lowest BCUT2D eigenvalue weighted by molar-refractivity contribution is 0.194. The molecule has 1 heterocycles. The van der Waals surface area contributed by atoms with E-state index in [4.69, 9.17) is 4.98 Å². The molecule has 1 saturated carbocycles. The molecule has 0 amide bonds. The Balaban J connectivity index is 1.40. The molecule has 2 aliphatic rings. The molecule has 3 atom stereocenters. The van der Waals surface area contributed by atoms with Gasteiger partial charge in [0, 0.05) is 11.4 Å². The highest BCUT2D eigenvalue weighted by molar-refractivity contribution is 5.81. The number of para-hydroxylation sites is 1. The maximum absolute atomic E-state index is 4.87. The van der Waals surface area contributed by atoms with E-state index in [1.165, 1.54) is 30.2 Å². The van der Waals surface area contributed by atoms with Crippen LogP contribution in [0, 0.1) is 12.8 Å². The monoisotopic (exact) mass is 314 g/mol. The fourth-order valence-corrected chi connectivity index (χ4v) is 4.62. The predicted octanol–water partition coefficient (Wildman–Crippen LogP) is 5.07. The van der Waals surface area contributed by atoms with Crippen molar-refractivity contribution in [3.8, 4) is 0 Å². The molecule has 1 N–H and O–H groups in total. The van der Waals surface area contributed by atoms with E-state index in [2.05, 4.69) is 66.8 Å². The van der Waals surface area contributed by atoms with Crippen LogP contribution in [-0.2, 0) is 6.42 Å². The minimum absolute atomic E-state index is 0.565. The van der Waals surface area contributed by atoms with Crippen LogP contribution in [0.3, 0.4) is 0 Å². The number of hydrogen-bond acceptors (Lipinski definition) is 2. The molecule has 24 heavy (non-hydrogen) atoms. The van der Waals surface area contributed by atoms with E-state index in [1.54, 1.807) is 11.1 Å². The Morgan fingerprint density at radius 3 is 2.83 bits per heavy atom. The molecule has 3 aromatic rings. The summed E-state index contributed by atoms with van der Waals surface area (Å²) in [6, 6.07) is 20.2. The SMILES string of the molecule is Cc1cc2ccccc2nc1NC1CC2c3ccccc3CCC12. The van der Waals surface area contributed by atoms with Gasteiger partial charge in [0.15, 0.2) is 0 Å². The van der Waals surface area contributed by atoms with Crippen molar-refractivity contribution in [3.63, 3.8) is 0 Å². The number of pyridine rings is 1. The maximum atomic E-state index is 4.87. The molecule has 2 nitrogen and oxygen atoms in total. The van der Waals surface area contributed by atoms with Gasteiger partial charge in [0.25, 0.3) is 0 Å². The lowest BCUT2D eigenvalue weighted by Crippen LogP contribution is -2.47. The third-order valence-electron chi connectivity index (χ3n) is 5.98. The van der Waals surface area contributed by atoms with E-state index in [1.807, 2.05) is 0 Å². The van der Waals surface area contributed by atoms with Gasteiger partial charge in [0.2, 0.25) is 0 Å². The van der Waals surface area contributed by atoms with Gasteiger partial charge in [-0.05, 0) is 66.8 Å². The van der Waals surface area contributed by atoms with Crippen molar-refractivity contribution >= 4 is 16.7 Å². The zero-order valence-electron chi connectivity index (χ0n) is 14.0. The quantitative estimate of drug-likeness (QED) is 0.714. The fraction of sp³-hybridized carbons (Fsp3) is 0.318. The zero-order chi connectivity index (χ0) is 16.1. The van der Waals surface area contributed by atoms with E-state index in [0.29, 0.717) is 6.04 Å². The van der Waals surface area contributed by atoms with Crippen LogP contribution in [0.2, 0.25) is 0 Å². The Bertz CT molecular complexity index is 915. The van der Waals surface area contributed by atoms with Gasteiger partial charge >= 0.3 is 0 Å². The Kier molecular flexibility index (Phi) is 3.12. The Hall–Kier alpha value is -2.35. The summed E-state index contributed by atoms with van der Waals surface area (Å²) in [6.07, 6.45) is 3.75. The van der Waals surface area contributed by atoms with E-state index >= 15 is 0 Å². The van der Waals surface area contributed by atoms with Crippen LogP contribution in [0.1, 0.15) is 35.4 Å². The molecular weight excluding hydrogens is 292 g/mol. The minimum Gasteiger partial charge on any atom is -0.367 e. The van der Waals surface area contributed by atoms with Crippen molar-refractivity contribution in [3.05, 3.63) is 71.3 Å². The minimum atomic E-state index is 0.565. The molecule has 0 spiro atoms. The van der Waals surface area contributed by atoms with Gasteiger partial charge in [-0.3, -0.25) is 0 Å². The Morgan fingerprint density at radius 2 is 1.88 bits per heavy atom. The van der Waals surface area contributed by atoms with Crippen LogP contribution in [0.15, 0.2) is 54.6 Å². The zero-order valence-corrected chi connectivity index (χ0v) is 14.0. The van der Waals surface area contributed by atoms with Crippen LogP contribution in [0.25, 0.3) is 10.9 Å². The first-order chi connectivity index (χ1) is 11.8. The Labute approximate surface area is 142 Å². The topological polar surface area (TPSA) is 24.9 Å². The van der Waals surface area contributed by atoms with E-state index in [0.717, 1.165) is 23.2 Å². The van der Waals surface area contributed by atoms with Gasteiger partial charge in [-0.1, -0.05) is 42.5 Å². The molecule has 1 fully saturated rings. The molecule has 0 saturated heterocycles. The Morgan fingerprint density at radius 1 is 1.04 bits per heavy atom. The van der Waals surface area contributed by atoms with Crippen molar-refractivity contribution in [2.45, 2.75) is 38.1 Å². The van der Waals surface area contributed by atoms with Gasteiger partial charge in [-0.2, -0.15) is 0 Å². The number of nitrogens with zero attached hydrogens (tertiary/aromatic N) is 1. The average molecular weight is 314 g/mol. The van der Waals surface area contributed by atoms with E-state index in [9.17, 15) is 0 Å². The standard InChI is InChI=1S/C22H22N2/c1-14-12-16-7-3-5-9-20(16)23-22(14)24-21-13-19-17-8-4-2-6-15(17)10-11-18(19)21/h2-9,12,18-19,21H,10-11,13H2,1H3,(H,23,24). The highest BCUT2D eigenvalue weighted by Gasteiger charge is 2.44. The fourth-order valence-electron chi connectivity index (χ4n) is 4.62. The van der Waals surface area contributed by atoms with Crippen LogP contribution in [0.4, 0.5) is 5.82 Å². The molecule has 0 aliphatic heterocycles. The van der Waals surface area contributed by atoms with Gasteiger partial charge in [-0.15, -0.1) is 0 Å². The van der Waals surface area contributed by atoms with Crippen molar-refractivity contribution in [2.24, 2.45) is 5.92 Å². The first kappa shape index (κ1) is 14.0. The second-order valence-electron chi connectivity index (χ2n) is 7.34. The third kappa shape index (κ3) is 2.13. The third-order valence-corrected chi connectivity index (χ3v) is 5.98. The number of nitrogens with one attached hydrogen (secondary N) is 1. The highest BCUT2D eigenvalue weighted by Crippen LogP contribution is 2.50. The highest BCUT2D eigenvalue weighted by atomic mass is 15.0. The molecule has 120 valence electrons. The van der Waals surface area contributed by atoms with Crippen LogP contribution >= 0.6 is 0 Å². The van der Waals surface area contributed by atoms with Gasteiger partial charge in [0.05, 0.1) is 5.52 Å². The van der Waals surface area contributed by atoms with Gasteiger partial charge < -0.3 is 5.32 Å². The summed E-state index contributed by atoms with van der Waals surface area (Å²) in [4.78, 5) is 4.87. The molecule has 5 rings (SSSR count). The molecule has 1 aromatic heterocycles. The molecule has 2 aromatic carbocycles. The summed E-state index contributed by atoms with van der Waals surface area (Å²) in [5.41, 5.74) is 5.48. The second-order valence-corrected chi connectivity index (χ2v) is 7.34. The number of aromatic nitrogens is 1. The van der Waals surface area contributed by atoms with Crippen LogP contribution < -0.4 is 5.32 Å². The van der Waals surface area contributed by atoms with Crippen LogP contribution in [-0.4, -0.2) is 11.0 Å². The van der Waals surface area contributed by atoms with E-state index in [-0.39, 0.29) is 0 Å². The van der Waals surface area contributed by atoms with Gasteiger partial charge in [0.1, 0.15) is 5.82 Å². The number of anilines is 1.